The molecule has 8 heteroatoms. The van der Waals surface area contributed by atoms with Gasteiger partial charge in [-0.05, 0) is 45.7 Å². The van der Waals surface area contributed by atoms with Crippen molar-refractivity contribution in [3.8, 4) is 0 Å². The van der Waals surface area contributed by atoms with Gasteiger partial charge in [-0.25, -0.2) is 9.37 Å². The van der Waals surface area contributed by atoms with Gasteiger partial charge in [0.25, 0.3) is 5.91 Å². The number of likely N-dealkylation sites (tertiary alicyclic amines) is 1. The van der Waals surface area contributed by atoms with Gasteiger partial charge in [0.15, 0.2) is 5.16 Å². The van der Waals surface area contributed by atoms with Crippen molar-refractivity contribution in [2.75, 3.05) is 18.8 Å². The zero-order chi connectivity index (χ0) is 21.0. The van der Waals surface area contributed by atoms with Crippen LogP contribution < -0.4 is 5.32 Å². The van der Waals surface area contributed by atoms with E-state index in [9.17, 15) is 14.0 Å². The second kappa shape index (κ2) is 8.98. The third kappa shape index (κ3) is 5.38. The highest BCUT2D eigenvalue weighted by Crippen LogP contribution is 2.24. The number of aromatic nitrogens is 2. The van der Waals surface area contributed by atoms with E-state index in [1.807, 2.05) is 11.1 Å². The fourth-order valence-corrected chi connectivity index (χ4v) is 4.35. The Bertz CT molecular complexity index is 870. The molecule has 2 aromatic rings. The Labute approximate surface area is 174 Å². The molecule has 0 bridgehead atoms. The lowest BCUT2D eigenvalue weighted by Gasteiger charge is -2.32. The molecular formula is C21H27FN4O2S. The number of carbonyl (C=O) groups excluding carboxylic acids is 2. The lowest BCUT2D eigenvalue weighted by Crippen LogP contribution is -2.47. The molecule has 2 amide bonds. The Morgan fingerprint density at radius 3 is 2.59 bits per heavy atom. The summed E-state index contributed by atoms with van der Waals surface area (Å²) in [5.41, 5.74) is -0.0341. The summed E-state index contributed by atoms with van der Waals surface area (Å²) in [4.78, 5) is 31.0. The van der Waals surface area contributed by atoms with Crippen LogP contribution in [0.5, 0.6) is 0 Å². The molecular weight excluding hydrogens is 391 g/mol. The van der Waals surface area contributed by atoms with Crippen LogP contribution in [0.1, 0.15) is 44.0 Å². The third-order valence-corrected chi connectivity index (χ3v) is 5.91. The number of imidazole rings is 1. The molecule has 0 radical (unpaired) electrons. The lowest BCUT2D eigenvalue weighted by atomic mass is 10.0. The van der Waals surface area contributed by atoms with Gasteiger partial charge in [-0.15, -0.1) is 0 Å². The minimum Gasteiger partial charge on any atom is -0.349 e. The first-order valence-corrected chi connectivity index (χ1v) is 10.7. The van der Waals surface area contributed by atoms with E-state index in [1.54, 1.807) is 18.3 Å². The maximum atomic E-state index is 13.7. The van der Waals surface area contributed by atoms with Crippen LogP contribution >= 0.6 is 11.8 Å². The summed E-state index contributed by atoms with van der Waals surface area (Å²) >= 11 is 1.44. The average Bonchev–Trinajstić information content (AvgIpc) is 3.16. The minimum atomic E-state index is -0.525. The first-order chi connectivity index (χ1) is 13.8. The number of piperidine rings is 1. The van der Waals surface area contributed by atoms with Gasteiger partial charge in [0.2, 0.25) is 5.91 Å². The van der Waals surface area contributed by atoms with E-state index in [-0.39, 0.29) is 23.1 Å². The predicted octanol–water partition coefficient (Wildman–Crippen LogP) is 3.29. The molecule has 3 rings (SSSR count). The van der Waals surface area contributed by atoms with Crippen LogP contribution in [0.25, 0.3) is 0 Å². The Hall–Kier alpha value is -2.35. The van der Waals surface area contributed by atoms with E-state index in [2.05, 4.69) is 35.6 Å². The molecule has 6 nitrogen and oxygen atoms in total. The minimum absolute atomic E-state index is 0.0526. The van der Waals surface area contributed by atoms with Crippen LogP contribution in [0.3, 0.4) is 0 Å². The van der Waals surface area contributed by atoms with Crippen LogP contribution in [-0.2, 0) is 10.3 Å². The van der Waals surface area contributed by atoms with Gasteiger partial charge in [-0.1, -0.05) is 23.9 Å². The van der Waals surface area contributed by atoms with Crippen molar-refractivity contribution in [2.24, 2.45) is 0 Å². The summed E-state index contributed by atoms with van der Waals surface area (Å²) in [6, 6.07) is 5.89. The Morgan fingerprint density at radius 2 is 1.93 bits per heavy atom. The van der Waals surface area contributed by atoms with E-state index >= 15 is 0 Å². The van der Waals surface area contributed by atoms with Gasteiger partial charge >= 0.3 is 0 Å². The van der Waals surface area contributed by atoms with Crippen molar-refractivity contribution in [1.29, 1.82) is 0 Å². The largest absolute Gasteiger partial charge is 0.349 e. The fourth-order valence-electron chi connectivity index (χ4n) is 3.31. The van der Waals surface area contributed by atoms with Gasteiger partial charge < -0.3 is 14.8 Å². The lowest BCUT2D eigenvalue weighted by molar-refractivity contribution is -0.129. The van der Waals surface area contributed by atoms with Gasteiger partial charge in [0, 0.05) is 37.1 Å². The van der Waals surface area contributed by atoms with Crippen molar-refractivity contribution >= 4 is 23.6 Å². The smallest absolute Gasteiger partial charge is 0.254 e. The first kappa shape index (κ1) is 21.4. The molecule has 2 heterocycles. The first-order valence-electron chi connectivity index (χ1n) is 9.75. The summed E-state index contributed by atoms with van der Waals surface area (Å²) in [5, 5.41) is 3.71. The molecule has 1 saturated heterocycles. The highest BCUT2D eigenvalue weighted by atomic mass is 32.2. The van der Waals surface area contributed by atoms with Crippen molar-refractivity contribution in [1.82, 2.24) is 19.8 Å². The van der Waals surface area contributed by atoms with Crippen LogP contribution in [-0.4, -0.2) is 51.1 Å². The zero-order valence-electron chi connectivity index (χ0n) is 17.0. The molecule has 29 heavy (non-hydrogen) atoms. The zero-order valence-corrected chi connectivity index (χ0v) is 17.8. The van der Waals surface area contributed by atoms with Crippen molar-refractivity contribution in [2.45, 2.75) is 50.4 Å². The van der Waals surface area contributed by atoms with E-state index in [1.165, 1.54) is 23.9 Å². The predicted molar refractivity (Wildman–Crippen MR) is 111 cm³/mol. The summed E-state index contributed by atoms with van der Waals surface area (Å²) in [6.45, 7) is 7.45. The summed E-state index contributed by atoms with van der Waals surface area (Å²) in [5.74, 6) is -0.530. The third-order valence-electron chi connectivity index (χ3n) is 4.96. The topological polar surface area (TPSA) is 67.2 Å². The highest BCUT2D eigenvalue weighted by molar-refractivity contribution is 7.99. The monoisotopic (exact) mass is 418 g/mol. The van der Waals surface area contributed by atoms with Crippen LogP contribution in [0.4, 0.5) is 4.39 Å². The Morgan fingerprint density at radius 1 is 1.24 bits per heavy atom. The second-order valence-electron chi connectivity index (χ2n) is 8.15. The van der Waals surface area contributed by atoms with Gasteiger partial charge in [0.05, 0.1) is 11.3 Å². The molecule has 0 aliphatic carbocycles. The molecule has 156 valence electrons. The van der Waals surface area contributed by atoms with Crippen LogP contribution in [0.2, 0.25) is 0 Å². The van der Waals surface area contributed by atoms with Crippen LogP contribution in [0, 0.1) is 5.82 Å². The highest BCUT2D eigenvalue weighted by Gasteiger charge is 2.25. The van der Waals surface area contributed by atoms with E-state index in [0.29, 0.717) is 31.7 Å². The van der Waals surface area contributed by atoms with E-state index in [4.69, 9.17) is 0 Å². The number of thioether (sulfide) groups is 1. The van der Waals surface area contributed by atoms with Gasteiger partial charge in [-0.3, -0.25) is 9.59 Å². The maximum absolute atomic E-state index is 13.7. The molecule has 0 atom stereocenters. The summed E-state index contributed by atoms with van der Waals surface area (Å²) < 4.78 is 15.8. The Kier molecular flexibility index (Phi) is 6.62. The molecule has 0 spiro atoms. The standard InChI is InChI=1S/C21H27FN4O2S/c1-21(2,3)26-13-10-23-20(26)29-14-18(27)25-11-8-15(9-12-25)24-19(28)16-6-4-5-7-17(16)22/h4-7,10,13,15H,8-9,11-12,14H2,1-3H3,(H,24,28). The molecule has 0 saturated carbocycles. The molecule has 1 aliphatic rings. The van der Waals surface area contributed by atoms with Gasteiger partial charge in [-0.2, -0.15) is 0 Å². The number of amides is 2. The SMILES string of the molecule is CC(C)(C)n1ccnc1SCC(=O)N1CCC(NC(=O)c2ccccc2F)CC1. The quantitative estimate of drug-likeness (QED) is 0.757. The van der Waals surface area contributed by atoms with Crippen LogP contribution in [0.15, 0.2) is 41.8 Å². The van der Waals surface area contributed by atoms with Gasteiger partial charge in [0.1, 0.15) is 5.82 Å². The molecule has 1 aromatic carbocycles. The summed E-state index contributed by atoms with van der Waals surface area (Å²) in [7, 11) is 0. The molecule has 1 aliphatic heterocycles. The molecule has 1 aromatic heterocycles. The van der Waals surface area contributed by atoms with E-state index in [0.717, 1.165) is 5.16 Å². The fraction of sp³-hybridized carbons (Fsp3) is 0.476. The van der Waals surface area contributed by atoms with Crippen molar-refractivity contribution in [3.05, 3.63) is 48.0 Å². The molecule has 0 unspecified atom stereocenters. The van der Waals surface area contributed by atoms with Crippen molar-refractivity contribution in [3.63, 3.8) is 0 Å². The van der Waals surface area contributed by atoms with E-state index < -0.39 is 11.7 Å². The number of hydrogen-bond acceptors (Lipinski definition) is 4. The summed E-state index contributed by atoms with van der Waals surface area (Å²) in [6.07, 6.45) is 5.00. The average molecular weight is 419 g/mol. The number of nitrogens with one attached hydrogen (secondary N) is 1. The second-order valence-corrected chi connectivity index (χ2v) is 9.09. The molecule has 1 fully saturated rings. The number of halogens is 1. The normalized spacial score (nSPS) is 15.4. The number of carbonyl (C=O) groups is 2. The number of hydrogen-bond donors (Lipinski definition) is 1. The number of nitrogens with zero attached hydrogens (tertiary/aromatic N) is 3. The number of benzene rings is 1. The Balaban J connectivity index is 1.47. The maximum Gasteiger partial charge on any atom is 0.254 e. The van der Waals surface area contributed by atoms with Crippen molar-refractivity contribution < 1.29 is 14.0 Å². The molecule has 1 N–H and O–H groups in total. The number of rotatable bonds is 5.